The molecule has 0 bridgehead atoms. The van der Waals surface area contributed by atoms with Crippen molar-refractivity contribution in [3.05, 3.63) is 23.8 Å². The first-order valence-electron chi connectivity index (χ1n) is 4.77. The van der Waals surface area contributed by atoms with E-state index in [1.54, 1.807) is 6.92 Å². The number of sulfone groups is 1. The Morgan fingerprint density at radius 3 is 2.35 bits per heavy atom. The number of aryl methyl sites for hydroxylation is 1. The Labute approximate surface area is 97.4 Å². The van der Waals surface area contributed by atoms with Crippen molar-refractivity contribution in [2.75, 3.05) is 11.5 Å². The lowest BCUT2D eigenvalue weighted by atomic mass is 10.2. The highest BCUT2D eigenvalue weighted by atomic mass is 32.2. The number of hydrogen-bond acceptors (Lipinski definition) is 3. The molecule has 96 valence electrons. The summed E-state index contributed by atoms with van der Waals surface area (Å²) in [5.74, 6) is -0.982. The van der Waals surface area contributed by atoms with Crippen LogP contribution in [0.25, 0.3) is 0 Å². The number of hydrogen-bond donors (Lipinski definition) is 1. The maximum atomic E-state index is 12.0. The van der Waals surface area contributed by atoms with E-state index in [0.29, 0.717) is 0 Å². The van der Waals surface area contributed by atoms with Crippen molar-refractivity contribution in [2.24, 2.45) is 0 Å². The lowest BCUT2D eigenvalue weighted by molar-refractivity contribution is -0.129. The van der Waals surface area contributed by atoms with Crippen LogP contribution in [0.5, 0.6) is 0 Å². The van der Waals surface area contributed by atoms with E-state index in [2.05, 4.69) is 0 Å². The quantitative estimate of drug-likeness (QED) is 0.855. The van der Waals surface area contributed by atoms with E-state index in [9.17, 15) is 21.6 Å². The number of halogens is 3. The molecule has 1 rings (SSSR count). The largest absolute Gasteiger partial charge is 0.398 e. The summed E-state index contributed by atoms with van der Waals surface area (Å²) in [6, 6.07) is 4.15. The van der Waals surface area contributed by atoms with Crippen LogP contribution in [0, 0.1) is 6.92 Å². The molecular weight excluding hydrogens is 255 g/mol. The Kier molecular flexibility index (Phi) is 3.71. The first kappa shape index (κ1) is 13.8. The fourth-order valence-electron chi connectivity index (χ4n) is 1.31. The van der Waals surface area contributed by atoms with Gasteiger partial charge in [0.25, 0.3) is 0 Å². The molecule has 0 aliphatic carbocycles. The van der Waals surface area contributed by atoms with Crippen molar-refractivity contribution in [2.45, 2.75) is 24.4 Å². The molecule has 0 aromatic heterocycles. The summed E-state index contributed by atoms with van der Waals surface area (Å²) in [7, 11) is -3.99. The van der Waals surface area contributed by atoms with Crippen molar-refractivity contribution in [3.63, 3.8) is 0 Å². The number of alkyl halides is 3. The maximum Gasteiger partial charge on any atom is 0.390 e. The van der Waals surface area contributed by atoms with Gasteiger partial charge in [0.15, 0.2) is 9.84 Å². The summed E-state index contributed by atoms with van der Waals surface area (Å²) < 4.78 is 59.2. The zero-order valence-corrected chi connectivity index (χ0v) is 9.90. The van der Waals surface area contributed by atoms with Crippen LogP contribution < -0.4 is 5.73 Å². The number of anilines is 1. The summed E-state index contributed by atoms with van der Waals surface area (Å²) in [5.41, 5.74) is 6.21. The van der Waals surface area contributed by atoms with Gasteiger partial charge >= 0.3 is 6.18 Å². The van der Waals surface area contributed by atoms with E-state index in [1.165, 1.54) is 18.2 Å². The van der Waals surface area contributed by atoms with E-state index in [0.717, 1.165) is 5.56 Å². The first-order chi connectivity index (χ1) is 7.62. The molecule has 0 saturated heterocycles. The van der Waals surface area contributed by atoms with Crippen molar-refractivity contribution >= 4 is 15.5 Å². The molecule has 0 amide bonds. The van der Waals surface area contributed by atoms with Crippen LogP contribution in [-0.2, 0) is 9.84 Å². The van der Waals surface area contributed by atoms with Crippen LogP contribution in [0.1, 0.15) is 12.0 Å². The van der Waals surface area contributed by atoms with Crippen molar-refractivity contribution < 1.29 is 21.6 Å². The zero-order chi connectivity index (χ0) is 13.3. The number of benzene rings is 1. The summed E-state index contributed by atoms with van der Waals surface area (Å²) in [6.07, 6.45) is -5.87. The number of nitrogen functional groups attached to an aromatic ring is 1. The average molecular weight is 267 g/mol. The lowest BCUT2D eigenvalue weighted by Crippen LogP contribution is -2.17. The van der Waals surface area contributed by atoms with Crippen LogP contribution in [0.15, 0.2) is 23.1 Å². The predicted octanol–water partition coefficient (Wildman–Crippen LogP) is 2.30. The Bertz CT molecular complexity index is 509. The molecule has 0 saturated carbocycles. The van der Waals surface area contributed by atoms with Crippen LogP contribution in [0.3, 0.4) is 0 Å². The second-order valence-corrected chi connectivity index (χ2v) is 5.80. The molecule has 7 heteroatoms. The molecule has 0 unspecified atom stereocenters. The van der Waals surface area contributed by atoms with Gasteiger partial charge < -0.3 is 5.73 Å². The smallest absolute Gasteiger partial charge is 0.390 e. The minimum atomic E-state index is -4.49. The topological polar surface area (TPSA) is 60.2 Å². The summed E-state index contributed by atoms with van der Waals surface area (Å²) in [4.78, 5) is -0.243. The van der Waals surface area contributed by atoms with Gasteiger partial charge in [-0.1, -0.05) is 6.07 Å². The molecule has 0 aliphatic rings. The zero-order valence-electron chi connectivity index (χ0n) is 9.08. The van der Waals surface area contributed by atoms with Gasteiger partial charge in [0.2, 0.25) is 0 Å². The van der Waals surface area contributed by atoms with Crippen LogP contribution >= 0.6 is 0 Å². The molecular formula is C10H12F3NO2S. The SMILES string of the molecule is Cc1ccc(S(=O)(=O)CCC(F)(F)F)c(N)c1. The minimum Gasteiger partial charge on any atom is -0.398 e. The highest BCUT2D eigenvalue weighted by molar-refractivity contribution is 7.91. The molecule has 1 aromatic rings. The molecule has 1 aromatic carbocycles. The van der Waals surface area contributed by atoms with Crippen LogP contribution in [-0.4, -0.2) is 20.3 Å². The van der Waals surface area contributed by atoms with Gasteiger partial charge in [-0.3, -0.25) is 0 Å². The fraction of sp³-hybridized carbons (Fsp3) is 0.400. The predicted molar refractivity (Wildman–Crippen MR) is 58.3 cm³/mol. The van der Waals surface area contributed by atoms with E-state index < -0.39 is 28.2 Å². The highest BCUT2D eigenvalue weighted by Crippen LogP contribution is 2.25. The maximum absolute atomic E-state index is 12.0. The molecule has 0 radical (unpaired) electrons. The molecule has 17 heavy (non-hydrogen) atoms. The van der Waals surface area contributed by atoms with Crippen LogP contribution in [0.4, 0.5) is 18.9 Å². The monoisotopic (exact) mass is 267 g/mol. The van der Waals surface area contributed by atoms with Crippen molar-refractivity contribution in [1.82, 2.24) is 0 Å². The third-order valence-electron chi connectivity index (χ3n) is 2.15. The second-order valence-electron chi connectivity index (χ2n) is 3.73. The van der Waals surface area contributed by atoms with Gasteiger partial charge in [-0.15, -0.1) is 0 Å². The highest BCUT2D eigenvalue weighted by Gasteiger charge is 2.31. The standard InChI is InChI=1S/C10H12F3NO2S/c1-7-2-3-9(8(14)6-7)17(15,16)5-4-10(11,12)13/h2-3,6H,4-5,14H2,1H3. The van der Waals surface area contributed by atoms with Gasteiger partial charge in [0.1, 0.15) is 0 Å². The molecule has 0 atom stereocenters. The third kappa shape index (κ3) is 3.92. The first-order valence-corrected chi connectivity index (χ1v) is 6.43. The van der Waals surface area contributed by atoms with E-state index >= 15 is 0 Å². The molecule has 0 spiro atoms. The van der Waals surface area contributed by atoms with E-state index in [-0.39, 0.29) is 10.6 Å². The Balaban J connectivity index is 2.98. The molecule has 0 heterocycles. The van der Waals surface area contributed by atoms with Gasteiger partial charge in [0.05, 0.1) is 22.8 Å². The second kappa shape index (κ2) is 4.56. The van der Waals surface area contributed by atoms with Crippen molar-refractivity contribution in [1.29, 1.82) is 0 Å². The van der Waals surface area contributed by atoms with Gasteiger partial charge in [0, 0.05) is 0 Å². The van der Waals surface area contributed by atoms with Gasteiger partial charge in [-0.05, 0) is 24.6 Å². The summed E-state index contributed by atoms with van der Waals surface area (Å²) in [5, 5.41) is 0. The normalized spacial score (nSPS) is 12.7. The molecule has 2 N–H and O–H groups in total. The fourth-order valence-corrected chi connectivity index (χ4v) is 2.72. The molecule has 0 aliphatic heterocycles. The third-order valence-corrected chi connectivity index (χ3v) is 3.94. The van der Waals surface area contributed by atoms with E-state index in [1.807, 2.05) is 0 Å². The minimum absolute atomic E-state index is 0.0211. The van der Waals surface area contributed by atoms with Gasteiger partial charge in [-0.25, -0.2) is 8.42 Å². The van der Waals surface area contributed by atoms with E-state index in [4.69, 9.17) is 5.73 Å². The molecule has 0 fully saturated rings. The Morgan fingerprint density at radius 2 is 1.88 bits per heavy atom. The van der Waals surface area contributed by atoms with Crippen molar-refractivity contribution in [3.8, 4) is 0 Å². The van der Waals surface area contributed by atoms with Crippen LogP contribution in [0.2, 0.25) is 0 Å². The average Bonchev–Trinajstić information content (AvgIpc) is 2.13. The number of rotatable bonds is 3. The Hall–Kier alpha value is -1.24. The molecule has 3 nitrogen and oxygen atoms in total. The number of nitrogens with two attached hydrogens (primary N) is 1. The van der Waals surface area contributed by atoms with Gasteiger partial charge in [-0.2, -0.15) is 13.2 Å². The summed E-state index contributed by atoms with van der Waals surface area (Å²) in [6.45, 7) is 1.71. The summed E-state index contributed by atoms with van der Waals surface area (Å²) >= 11 is 0. The Morgan fingerprint density at radius 1 is 1.29 bits per heavy atom. The lowest BCUT2D eigenvalue weighted by Gasteiger charge is -2.09.